The maximum absolute atomic E-state index is 11.7. The SMILES string of the molecule is CNC(=O)c1nn(-c2ccc(OC)cc2)cc1OC. The molecule has 0 radical (unpaired) electrons. The van der Waals surface area contributed by atoms with Gasteiger partial charge in [0.25, 0.3) is 5.91 Å². The Morgan fingerprint density at radius 2 is 1.89 bits per heavy atom. The number of nitrogens with one attached hydrogen (secondary N) is 1. The monoisotopic (exact) mass is 261 g/mol. The Bertz CT molecular complexity index is 575. The van der Waals surface area contributed by atoms with Crippen molar-refractivity contribution in [2.24, 2.45) is 0 Å². The van der Waals surface area contributed by atoms with Gasteiger partial charge in [0.1, 0.15) is 5.75 Å². The third kappa shape index (κ3) is 2.52. The van der Waals surface area contributed by atoms with Crippen molar-refractivity contribution in [3.63, 3.8) is 0 Å². The summed E-state index contributed by atoms with van der Waals surface area (Å²) in [5, 5.41) is 6.74. The molecule has 100 valence electrons. The van der Waals surface area contributed by atoms with Crippen molar-refractivity contribution in [1.82, 2.24) is 15.1 Å². The third-order valence-corrected chi connectivity index (χ3v) is 2.68. The number of amides is 1. The zero-order chi connectivity index (χ0) is 13.8. The van der Waals surface area contributed by atoms with Gasteiger partial charge in [-0.2, -0.15) is 5.10 Å². The molecule has 1 aromatic heterocycles. The summed E-state index contributed by atoms with van der Waals surface area (Å²) in [5.74, 6) is 0.897. The molecular weight excluding hydrogens is 246 g/mol. The van der Waals surface area contributed by atoms with Crippen LogP contribution >= 0.6 is 0 Å². The van der Waals surface area contributed by atoms with Gasteiger partial charge in [-0.1, -0.05) is 0 Å². The number of nitrogens with zero attached hydrogens (tertiary/aromatic N) is 2. The lowest BCUT2D eigenvalue weighted by Crippen LogP contribution is -2.19. The molecule has 1 amide bonds. The van der Waals surface area contributed by atoms with Crippen LogP contribution in [0.15, 0.2) is 30.5 Å². The minimum Gasteiger partial charge on any atom is -0.497 e. The Kier molecular flexibility index (Phi) is 3.70. The van der Waals surface area contributed by atoms with Crippen LogP contribution in [0.2, 0.25) is 0 Å². The maximum atomic E-state index is 11.7. The Morgan fingerprint density at radius 1 is 1.21 bits per heavy atom. The van der Waals surface area contributed by atoms with E-state index in [1.165, 1.54) is 7.11 Å². The molecule has 0 saturated heterocycles. The topological polar surface area (TPSA) is 65.4 Å². The molecule has 1 aromatic carbocycles. The molecule has 0 aliphatic heterocycles. The van der Waals surface area contributed by atoms with Crippen LogP contribution in [0.25, 0.3) is 5.69 Å². The molecule has 19 heavy (non-hydrogen) atoms. The molecule has 0 atom stereocenters. The average Bonchev–Trinajstić information content (AvgIpc) is 2.90. The number of ether oxygens (including phenoxy) is 2. The zero-order valence-electron chi connectivity index (χ0n) is 11.0. The van der Waals surface area contributed by atoms with Crippen LogP contribution in [0, 0.1) is 0 Å². The predicted molar refractivity (Wildman–Crippen MR) is 70.1 cm³/mol. The Labute approximate surface area is 110 Å². The summed E-state index contributed by atoms with van der Waals surface area (Å²) in [6, 6.07) is 7.34. The molecule has 0 spiro atoms. The second kappa shape index (κ2) is 5.43. The van der Waals surface area contributed by atoms with Crippen LogP contribution in [-0.2, 0) is 0 Å². The Morgan fingerprint density at radius 3 is 2.42 bits per heavy atom. The lowest BCUT2D eigenvalue weighted by atomic mass is 10.3. The third-order valence-electron chi connectivity index (χ3n) is 2.68. The minimum atomic E-state index is -0.288. The van der Waals surface area contributed by atoms with Crippen molar-refractivity contribution in [2.45, 2.75) is 0 Å². The Balaban J connectivity index is 2.39. The zero-order valence-corrected chi connectivity index (χ0v) is 11.0. The first kappa shape index (κ1) is 12.9. The van der Waals surface area contributed by atoms with Crippen LogP contribution < -0.4 is 14.8 Å². The normalized spacial score (nSPS) is 10.1. The average molecular weight is 261 g/mol. The second-order valence-electron chi connectivity index (χ2n) is 3.77. The van der Waals surface area contributed by atoms with Crippen molar-refractivity contribution >= 4 is 5.91 Å². The largest absolute Gasteiger partial charge is 0.497 e. The van der Waals surface area contributed by atoms with Crippen molar-refractivity contribution in [3.8, 4) is 17.2 Å². The van der Waals surface area contributed by atoms with Crippen molar-refractivity contribution in [2.75, 3.05) is 21.3 Å². The highest BCUT2D eigenvalue weighted by molar-refractivity contribution is 5.94. The summed E-state index contributed by atoms with van der Waals surface area (Å²) < 4.78 is 11.8. The molecule has 0 saturated carbocycles. The van der Waals surface area contributed by atoms with Gasteiger partial charge >= 0.3 is 0 Å². The predicted octanol–water partition coefficient (Wildman–Crippen LogP) is 1.25. The van der Waals surface area contributed by atoms with Gasteiger partial charge in [0.05, 0.1) is 26.1 Å². The van der Waals surface area contributed by atoms with Crippen LogP contribution in [0.4, 0.5) is 0 Å². The first-order chi connectivity index (χ1) is 9.19. The van der Waals surface area contributed by atoms with E-state index >= 15 is 0 Å². The molecule has 1 heterocycles. The number of carbonyl (C=O) groups is 1. The number of hydrogen-bond donors (Lipinski definition) is 1. The molecule has 1 N–H and O–H groups in total. The maximum Gasteiger partial charge on any atom is 0.275 e. The van der Waals surface area contributed by atoms with E-state index in [-0.39, 0.29) is 11.6 Å². The van der Waals surface area contributed by atoms with Gasteiger partial charge in [0.15, 0.2) is 11.4 Å². The van der Waals surface area contributed by atoms with Gasteiger partial charge < -0.3 is 14.8 Å². The number of benzene rings is 1. The molecule has 0 aliphatic carbocycles. The fourth-order valence-electron chi connectivity index (χ4n) is 1.65. The summed E-state index contributed by atoms with van der Waals surface area (Å²) in [4.78, 5) is 11.7. The summed E-state index contributed by atoms with van der Waals surface area (Å²) in [5.41, 5.74) is 1.06. The Hall–Kier alpha value is -2.50. The van der Waals surface area contributed by atoms with Gasteiger partial charge in [0, 0.05) is 7.05 Å². The molecule has 6 nitrogen and oxygen atoms in total. The molecule has 2 rings (SSSR count). The van der Waals surface area contributed by atoms with Gasteiger partial charge in [0.2, 0.25) is 0 Å². The first-order valence-corrected chi connectivity index (χ1v) is 5.69. The van der Waals surface area contributed by atoms with E-state index < -0.39 is 0 Å². The van der Waals surface area contributed by atoms with E-state index in [0.717, 1.165) is 11.4 Å². The fourth-order valence-corrected chi connectivity index (χ4v) is 1.65. The molecule has 2 aromatic rings. The van der Waals surface area contributed by atoms with Gasteiger partial charge in [-0.05, 0) is 24.3 Å². The summed E-state index contributed by atoms with van der Waals surface area (Å²) >= 11 is 0. The van der Waals surface area contributed by atoms with Crippen LogP contribution in [0.3, 0.4) is 0 Å². The number of rotatable bonds is 4. The molecule has 0 fully saturated rings. The number of aromatic nitrogens is 2. The molecule has 0 bridgehead atoms. The lowest BCUT2D eigenvalue weighted by Gasteiger charge is -2.02. The molecule has 0 unspecified atom stereocenters. The smallest absolute Gasteiger partial charge is 0.275 e. The van der Waals surface area contributed by atoms with E-state index in [0.29, 0.717) is 5.75 Å². The lowest BCUT2D eigenvalue weighted by molar-refractivity contribution is 0.0955. The first-order valence-electron chi connectivity index (χ1n) is 5.69. The van der Waals surface area contributed by atoms with Gasteiger partial charge in [-0.25, -0.2) is 4.68 Å². The van der Waals surface area contributed by atoms with Crippen LogP contribution in [0.5, 0.6) is 11.5 Å². The number of hydrogen-bond acceptors (Lipinski definition) is 4. The standard InChI is InChI=1S/C13H15N3O3/c1-14-13(17)12-11(19-3)8-16(15-12)9-4-6-10(18-2)7-5-9/h4-8H,1-3H3,(H,14,17). The molecular formula is C13H15N3O3. The van der Waals surface area contributed by atoms with Crippen molar-refractivity contribution < 1.29 is 14.3 Å². The number of methoxy groups -OCH3 is 2. The molecule has 0 aliphatic rings. The van der Waals surface area contributed by atoms with E-state index in [2.05, 4.69) is 10.4 Å². The van der Waals surface area contributed by atoms with Crippen LogP contribution in [0.1, 0.15) is 10.5 Å². The highest BCUT2D eigenvalue weighted by atomic mass is 16.5. The summed E-state index contributed by atoms with van der Waals surface area (Å²) in [6.45, 7) is 0. The van der Waals surface area contributed by atoms with Crippen molar-refractivity contribution in [1.29, 1.82) is 0 Å². The van der Waals surface area contributed by atoms with Crippen LogP contribution in [-0.4, -0.2) is 37.0 Å². The highest BCUT2D eigenvalue weighted by Crippen LogP contribution is 2.20. The van der Waals surface area contributed by atoms with Gasteiger partial charge in [-0.3, -0.25) is 4.79 Å². The summed E-state index contributed by atoms with van der Waals surface area (Å²) in [7, 11) is 4.66. The quantitative estimate of drug-likeness (QED) is 0.899. The highest BCUT2D eigenvalue weighted by Gasteiger charge is 2.16. The number of carbonyl (C=O) groups excluding carboxylic acids is 1. The fraction of sp³-hybridized carbons (Fsp3) is 0.231. The second-order valence-corrected chi connectivity index (χ2v) is 3.77. The van der Waals surface area contributed by atoms with E-state index in [4.69, 9.17) is 9.47 Å². The molecule has 6 heteroatoms. The minimum absolute atomic E-state index is 0.251. The van der Waals surface area contributed by atoms with E-state index in [1.54, 1.807) is 25.0 Å². The van der Waals surface area contributed by atoms with E-state index in [1.807, 2.05) is 24.3 Å². The van der Waals surface area contributed by atoms with E-state index in [9.17, 15) is 4.79 Å². The summed E-state index contributed by atoms with van der Waals surface area (Å²) in [6.07, 6.45) is 1.66. The van der Waals surface area contributed by atoms with Gasteiger partial charge in [-0.15, -0.1) is 0 Å². The van der Waals surface area contributed by atoms with Crippen molar-refractivity contribution in [3.05, 3.63) is 36.2 Å².